The Kier molecular flexibility index (Phi) is 4.20. The van der Waals surface area contributed by atoms with Gasteiger partial charge in [-0.25, -0.2) is 4.79 Å². The third kappa shape index (κ3) is 2.87. The molecule has 2 aromatic carbocycles. The van der Waals surface area contributed by atoms with E-state index in [1.165, 1.54) is 13.2 Å². The van der Waals surface area contributed by atoms with Crippen LogP contribution in [-0.4, -0.2) is 14.2 Å². The molecule has 0 unspecified atom stereocenters. The number of fused-ring (bicyclic) bond motifs is 1. The fraction of sp³-hybridized carbons (Fsp3) is 0.118. The topological polar surface area (TPSA) is 48.7 Å². The van der Waals surface area contributed by atoms with Gasteiger partial charge in [0, 0.05) is 10.4 Å². The zero-order valence-corrected chi connectivity index (χ0v) is 13.9. The molecule has 1 heterocycles. The number of ether oxygens (including phenoxy) is 2. The number of halogens is 2. The summed E-state index contributed by atoms with van der Waals surface area (Å²) in [5.74, 6) is 1.10. The normalized spacial score (nSPS) is 10.8. The van der Waals surface area contributed by atoms with E-state index in [2.05, 4.69) is 0 Å². The molecule has 118 valence electrons. The quantitative estimate of drug-likeness (QED) is 0.637. The number of rotatable bonds is 3. The third-order valence-electron chi connectivity index (χ3n) is 3.45. The van der Waals surface area contributed by atoms with Crippen LogP contribution in [0.2, 0.25) is 10.0 Å². The zero-order valence-electron chi connectivity index (χ0n) is 12.4. The van der Waals surface area contributed by atoms with E-state index in [1.807, 2.05) is 0 Å². The second-order valence-electron chi connectivity index (χ2n) is 4.82. The molecule has 23 heavy (non-hydrogen) atoms. The summed E-state index contributed by atoms with van der Waals surface area (Å²) in [7, 11) is 3.08. The maximum Gasteiger partial charge on any atom is 0.344 e. The summed E-state index contributed by atoms with van der Waals surface area (Å²) in [6, 6.07) is 10.1. The van der Waals surface area contributed by atoms with Crippen molar-refractivity contribution in [1.29, 1.82) is 0 Å². The molecule has 0 fully saturated rings. The Morgan fingerprint density at radius 2 is 1.70 bits per heavy atom. The second-order valence-corrected chi connectivity index (χ2v) is 5.67. The van der Waals surface area contributed by atoms with Crippen LogP contribution in [0.15, 0.2) is 45.6 Å². The summed E-state index contributed by atoms with van der Waals surface area (Å²) in [5, 5.41) is 1.41. The Bertz CT molecular complexity index is 947. The first-order valence-corrected chi connectivity index (χ1v) is 7.44. The highest BCUT2D eigenvalue weighted by atomic mass is 35.5. The molecule has 0 aliphatic heterocycles. The Balaban J connectivity index is 2.24. The lowest BCUT2D eigenvalue weighted by molar-refractivity contribution is 0.355. The average Bonchev–Trinajstić information content (AvgIpc) is 2.54. The van der Waals surface area contributed by atoms with Gasteiger partial charge in [-0.3, -0.25) is 0 Å². The lowest BCUT2D eigenvalue weighted by Crippen LogP contribution is -2.03. The summed E-state index contributed by atoms with van der Waals surface area (Å²) in [4.78, 5) is 12.3. The molecular weight excluding hydrogens is 339 g/mol. The minimum atomic E-state index is -0.492. The first kappa shape index (κ1) is 15.7. The van der Waals surface area contributed by atoms with Crippen molar-refractivity contribution < 1.29 is 13.9 Å². The molecule has 0 aliphatic rings. The molecule has 0 amide bonds. The Labute approximate surface area is 142 Å². The molecule has 4 nitrogen and oxygen atoms in total. The van der Waals surface area contributed by atoms with Gasteiger partial charge in [0.2, 0.25) is 0 Å². The van der Waals surface area contributed by atoms with Crippen LogP contribution in [0.25, 0.3) is 22.1 Å². The molecule has 0 atom stereocenters. The van der Waals surface area contributed by atoms with E-state index in [9.17, 15) is 4.79 Å². The highest BCUT2D eigenvalue weighted by Gasteiger charge is 2.13. The summed E-state index contributed by atoms with van der Waals surface area (Å²) in [5.41, 5.74) is 0.852. The van der Waals surface area contributed by atoms with Crippen molar-refractivity contribution in [2.24, 2.45) is 0 Å². The van der Waals surface area contributed by atoms with E-state index in [4.69, 9.17) is 37.1 Å². The van der Waals surface area contributed by atoms with Gasteiger partial charge in [-0.05, 0) is 35.9 Å². The Hall–Kier alpha value is -2.17. The van der Waals surface area contributed by atoms with Crippen LogP contribution in [0.3, 0.4) is 0 Å². The van der Waals surface area contributed by atoms with Gasteiger partial charge in [-0.15, -0.1) is 0 Å². The Morgan fingerprint density at radius 3 is 2.39 bits per heavy atom. The van der Waals surface area contributed by atoms with Crippen molar-refractivity contribution in [3.63, 3.8) is 0 Å². The van der Waals surface area contributed by atoms with Crippen LogP contribution in [0.1, 0.15) is 0 Å². The van der Waals surface area contributed by atoms with E-state index in [0.29, 0.717) is 43.6 Å². The molecule has 1 aromatic heterocycles. The fourth-order valence-corrected chi connectivity index (χ4v) is 2.91. The predicted molar refractivity (Wildman–Crippen MR) is 91.0 cm³/mol. The minimum Gasteiger partial charge on any atom is -0.493 e. The molecule has 0 radical (unpaired) electrons. The van der Waals surface area contributed by atoms with Crippen LogP contribution in [0.4, 0.5) is 0 Å². The Morgan fingerprint density at radius 1 is 0.957 bits per heavy atom. The van der Waals surface area contributed by atoms with Gasteiger partial charge >= 0.3 is 5.63 Å². The van der Waals surface area contributed by atoms with Gasteiger partial charge in [0.25, 0.3) is 0 Å². The lowest BCUT2D eigenvalue weighted by atomic mass is 10.1. The highest BCUT2D eigenvalue weighted by Crippen LogP contribution is 2.33. The molecule has 0 saturated heterocycles. The summed E-state index contributed by atoms with van der Waals surface area (Å²) in [6.07, 6.45) is 0. The lowest BCUT2D eigenvalue weighted by Gasteiger charge is -2.09. The molecule has 6 heteroatoms. The smallest absolute Gasteiger partial charge is 0.344 e. The first-order valence-electron chi connectivity index (χ1n) is 6.69. The van der Waals surface area contributed by atoms with Crippen LogP contribution < -0.4 is 15.1 Å². The van der Waals surface area contributed by atoms with Crippen molar-refractivity contribution in [2.45, 2.75) is 0 Å². The number of benzene rings is 2. The van der Waals surface area contributed by atoms with Gasteiger partial charge in [0.15, 0.2) is 17.1 Å². The van der Waals surface area contributed by atoms with Gasteiger partial charge in [0.05, 0.1) is 24.8 Å². The van der Waals surface area contributed by atoms with Gasteiger partial charge in [-0.2, -0.15) is 0 Å². The van der Waals surface area contributed by atoms with Crippen LogP contribution in [-0.2, 0) is 0 Å². The van der Waals surface area contributed by atoms with Crippen molar-refractivity contribution >= 4 is 34.2 Å². The number of hydrogen-bond acceptors (Lipinski definition) is 4. The van der Waals surface area contributed by atoms with Crippen LogP contribution >= 0.6 is 23.2 Å². The summed E-state index contributed by atoms with van der Waals surface area (Å²) in [6.45, 7) is 0. The van der Waals surface area contributed by atoms with E-state index in [1.54, 1.807) is 37.4 Å². The summed E-state index contributed by atoms with van der Waals surface area (Å²) >= 11 is 12.1. The predicted octanol–water partition coefficient (Wildman–Crippen LogP) is 4.78. The number of hydrogen-bond donors (Lipinski definition) is 0. The zero-order chi connectivity index (χ0) is 16.6. The first-order chi connectivity index (χ1) is 11.0. The largest absolute Gasteiger partial charge is 0.493 e. The third-order valence-corrected chi connectivity index (χ3v) is 3.95. The molecule has 3 aromatic rings. The summed E-state index contributed by atoms with van der Waals surface area (Å²) < 4.78 is 15.8. The van der Waals surface area contributed by atoms with Crippen molar-refractivity contribution in [1.82, 2.24) is 0 Å². The van der Waals surface area contributed by atoms with Crippen molar-refractivity contribution in [3.8, 4) is 22.6 Å². The molecule has 0 N–H and O–H groups in total. The van der Waals surface area contributed by atoms with Crippen LogP contribution in [0, 0.1) is 0 Å². The molecule has 0 aliphatic carbocycles. The highest BCUT2D eigenvalue weighted by molar-refractivity contribution is 6.38. The molecule has 3 rings (SSSR count). The number of methoxy groups -OCH3 is 2. The fourth-order valence-electron chi connectivity index (χ4n) is 2.36. The van der Waals surface area contributed by atoms with E-state index < -0.39 is 5.63 Å². The van der Waals surface area contributed by atoms with Crippen LogP contribution in [0.5, 0.6) is 11.5 Å². The minimum absolute atomic E-state index is 0.295. The van der Waals surface area contributed by atoms with E-state index >= 15 is 0 Å². The maximum atomic E-state index is 12.3. The average molecular weight is 351 g/mol. The standard InChI is InChI=1S/C17H12Cl2O4/c1-21-14-4-3-9(7-15(14)22-2)12-6-10-5-11(18)8-13(19)16(10)23-17(12)20/h3-8H,1-2H3. The van der Waals surface area contributed by atoms with Crippen molar-refractivity contribution in [3.05, 3.63) is 56.9 Å². The molecule has 0 spiro atoms. The molecule has 0 saturated carbocycles. The SMILES string of the molecule is COc1ccc(-c2cc3cc(Cl)cc(Cl)c3oc2=O)cc1OC. The molecular formula is C17H12Cl2O4. The van der Waals surface area contributed by atoms with Gasteiger partial charge < -0.3 is 13.9 Å². The molecule has 0 bridgehead atoms. The van der Waals surface area contributed by atoms with E-state index in [-0.39, 0.29) is 0 Å². The second kappa shape index (κ2) is 6.14. The van der Waals surface area contributed by atoms with Gasteiger partial charge in [-0.1, -0.05) is 29.3 Å². The maximum absolute atomic E-state index is 12.3. The van der Waals surface area contributed by atoms with Crippen molar-refractivity contribution in [2.75, 3.05) is 14.2 Å². The monoisotopic (exact) mass is 350 g/mol. The van der Waals surface area contributed by atoms with Gasteiger partial charge in [0.1, 0.15) is 0 Å². The van der Waals surface area contributed by atoms with E-state index in [0.717, 1.165) is 0 Å².